The van der Waals surface area contributed by atoms with Gasteiger partial charge in [-0.15, -0.1) is 0 Å². The van der Waals surface area contributed by atoms with Gasteiger partial charge in [0.2, 0.25) is 0 Å². The Labute approximate surface area is 136 Å². The average molecular weight is 424 g/mol. The van der Waals surface area contributed by atoms with Gasteiger partial charge in [0.15, 0.2) is 17.4 Å². The van der Waals surface area contributed by atoms with E-state index in [1.165, 1.54) is 13.2 Å². The topological polar surface area (TPSA) is 38.7 Å². The fourth-order valence-corrected chi connectivity index (χ4v) is 2.54. The number of aliphatic hydroxyl groups excluding tert-OH is 1. The van der Waals surface area contributed by atoms with E-state index in [1.807, 2.05) is 0 Å². The van der Waals surface area contributed by atoms with Crippen LogP contribution in [-0.4, -0.2) is 12.2 Å². The van der Waals surface area contributed by atoms with Gasteiger partial charge in [0.25, 0.3) is 0 Å². The molecule has 0 amide bonds. The van der Waals surface area contributed by atoms with E-state index in [4.69, 9.17) is 14.6 Å². The second-order valence-corrected chi connectivity index (χ2v) is 5.77. The van der Waals surface area contributed by atoms with Crippen LogP contribution in [0.2, 0.25) is 0 Å². The lowest BCUT2D eigenvalue weighted by atomic mass is 10.2. The molecule has 1 N–H and O–H groups in total. The summed E-state index contributed by atoms with van der Waals surface area (Å²) in [5.74, 6) is -1.55. The maximum atomic E-state index is 13.8. The SMILES string of the molecule is COc1cc(Br)c(Oc2c(F)cc(CO)cc2F)cc1Br. The van der Waals surface area contributed by atoms with Crippen LogP contribution in [0.1, 0.15) is 5.56 Å². The van der Waals surface area contributed by atoms with Crippen LogP contribution in [0.3, 0.4) is 0 Å². The molecule has 0 aliphatic heterocycles. The van der Waals surface area contributed by atoms with E-state index in [1.54, 1.807) is 6.07 Å². The van der Waals surface area contributed by atoms with Crippen LogP contribution >= 0.6 is 31.9 Å². The summed E-state index contributed by atoms with van der Waals surface area (Å²) in [6.07, 6.45) is 0. The minimum Gasteiger partial charge on any atom is -0.496 e. The molecule has 21 heavy (non-hydrogen) atoms. The number of benzene rings is 2. The van der Waals surface area contributed by atoms with Crippen molar-refractivity contribution in [3.05, 3.63) is 50.4 Å². The molecule has 0 aliphatic rings. The molecular formula is C14H10Br2F2O3. The van der Waals surface area contributed by atoms with Crippen LogP contribution in [0.25, 0.3) is 0 Å². The van der Waals surface area contributed by atoms with Crippen LogP contribution in [0.5, 0.6) is 17.2 Å². The molecule has 2 aromatic carbocycles. The van der Waals surface area contributed by atoms with Crippen molar-refractivity contribution in [3.63, 3.8) is 0 Å². The van der Waals surface area contributed by atoms with E-state index in [9.17, 15) is 8.78 Å². The van der Waals surface area contributed by atoms with Crippen LogP contribution in [0.4, 0.5) is 8.78 Å². The van der Waals surface area contributed by atoms with Crippen LogP contribution in [-0.2, 0) is 6.61 Å². The molecule has 7 heteroatoms. The Hall–Kier alpha value is -1.18. The number of ether oxygens (including phenoxy) is 2. The highest BCUT2D eigenvalue weighted by Gasteiger charge is 2.16. The predicted molar refractivity (Wildman–Crippen MR) is 80.7 cm³/mol. The number of halogens is 4. The Morgan fingerprint density at radius 2 is 1.52 bits per heavy atom. The molecule has 0 aromatic heterocycles. The molecule has 0 fully saturated rings. The van der Waals surface area contributed by atoms with Crippen LogP contribution in [0, 0.1) is 11.6 Å². The third-order valence-corrected chi connectivity index (χ3v) is 3.90. The molecule has 0 saturated heterocycles. The minimum absolute atomic E-state index is 0.132. The van der Waals surface area contributed by atoms with E-state index < -0.39 is 24.0 Å². The summed E-state index contributed by atoms with van der Waals surface area (Å²) in [5, 5.41) is 8.90. The van der Waals surface area contributed by atoms with Crippen molar-refractivity contribution in [2.45, 2.75) is 6.61 Å². The summed E-state index contributed by atoms with van der Waals surface area (Å²) in [4.78, 5) is 0. The summed E-state index contributed by atoms with van der Waals surface area (Å²) < 4.78 is 39.1. The highest BCUT2D eigenvalue weighted by Crippen LogP contribution is 2.39. The Bertz CT molecular complexity index is 655. The van der Waals surface area contributed by atoms with Crippen molar-refractivity contribution in [3.8, 4) is 17.2 Å². The van der Waals surface area contributed by atoms with Gasteiger partial charge >= 0.3 is 0 Å². The summed E-state index contributed by atoms with van der Waals surface area (Å²) in [5.41, 5.74) is 0.132. The van der Waals surface area contributed by atoms with E-state index in [0.717, 1.165) is 12.1 Å². The van der Waals surface area contributed by atoms with Gasteiger partial charge in [0.05, 0.1) is 22.7 Å². The van der Waals surface area contributed by atoms with E-state index in [2.05, 4.69) is 31.9 Å². The molecule has 112 valence electrons. The summed E-state index contributed by atoms with van der Waals surface area (Å²) in [6, 6.07) is 5.18. The van der Waals surface area contributed by atoms with Gasteiger partial charge in [-0.1, -0.05) is 0 Å². The minimum atomic E-state index is -0.891. The second kappa shape index (κ2) is 6.72. The molecule has 2 aromatic rings. The normalized spacial score (nSPS) is 10.6. The monoisotopic (exact) mass is 422 g/mol. The maximum Gasteiger partial charge on any atom is 0.198 e. The number of aliphatic hydroxyl groups is 1. The average Bonchev–Trinajstić information content (AvgIpc) is 2.45. The Morgan fingerprint density at radius 3 is 2.05 bits per heavy atom. The van der Waals surface area contributed by atoms with Crippen molar-refractivity contribution in [2.75, 3.05) is 7.11 Å². The zero-order valence-corrected chi connectivity index (χ0v) is 14.0. The van der Waals surface area contributed by atoms with E-state index in [0.29, 0.717) is 14.7 Å². The number of rotatable bonds is 4. The number of hydrogen-bond donors (Lipinski definition) is 1. The van der Waals surface area contributed by atoms with Gasteiger partial charge in [-0.3, -0.25) is 0 Å². The summed E-state index contributed by atoms with van der Waals surface area (Å²) >= 11 is 6.51. The Morgan fingerprint density at radius 1 is 1.00 bits per heavy atom. The van der Waals surface area contributed by atoms with Gasteiger partial charge in [-0.25, -0.2) is 8.78 Å². The van der Waals surface area contributed by atoms with Gasteiger partial charge in [-0.05, 0) is 61.7 Å². The van der Waals surface area contributed by atoms with Crippen molar-refractivity contribution < 1.29 is 23.4 Å². The smallest absolute Gasteiger partial charge is 0.198 e. The van der Waals surface area contributed by atoms with Crippen LogP contribution < -0.4 is 9.47 Å². The fourth-order valence-electron chi connectivity index (χ4n) is 1.66. The van der Waals surface area contributed by atoms with Crippen molar-refractivity contribution >= 4 is 31.9 Å². The molecule has 0 atom stereocenters. The van der Waals surface area contributed by atoms with Crippen molar-refractivity contribution in [2.24, 2.45) is 0 Å². The first-order valence-electron chi connectivity index (χ1n) is 5.76. The molecule has 0 bridgehead atoms. The quantitative estimate of drug-likeness (QED) is 0.768. The van der Waals surface area contributed by atoms with Gasteiger partial charge in [-0.2, -0.15) is 0 Å². The molecule has 2 rings (SSSR count). The zero-order valence-electron chi connectivity index (χ0n) is 10.8. The second-order valence-electron chi connectivity index (χ2n) is 4.07. The molecule has 0 aliphatic carbocycles. The fraction of sp³-hybridized carbons (Fsp3) is 0.143. The first-order valence-corrected chi connectivity index (χ1v) is 7.34. The largest absolute Gasteiger partial charge is 0.496 e. The summed E-state index contributed by atoms with van der Waals surface area (Å²) in [6.45, 7) is -0.452. The van der Waals surface area contributed by atoms with Gasteiger partial charge in [0, 0.05) is 0 Å². The van der Waals surface area contributed by atoms with Crippen molar-refractivity contribution in [1.82, 2.24) is 0 Å². The molecular weight excluding hydrogens is 414 g/mol. The lowest BCUT2D eigenvalue weighted by Crippen LogP contribution is -1.97. The first kappa shape index (κ1) is 16.2. The highest BCUT2D eigenvalue weighted by molar-refractivity contribution is 9.11. The molecule has 0 saturated carbocycles. The van der Waals surface area contributed by atoms with E-state index >= 15 is 0 Å². The highest BCUT2D eigenvalue weighted by atomic mass is 79.9. The van der Waals surface area contributed by atoms with Crippen molar-refractivity contribution in [1.29, 1.82) is 0 Å². The number of hydrogen-bond acceptors (Lipinski definition) is 3. The first-order chi connectivity index (χ1) is 9.96. The standard InChI is InChI=1S/C14H10Br2F2O3/c1-20-12-4-9(16)13(5-8(12)15)21-14-10(17)2-7(6-19)3-11(14)18/h2-5,19H,6H2,1H3. The lowest BCUT2D eigenvalue weighted by molar-refractivity contribution is 0.279. The molecule has 0 radical (unpaired) electrons. The van der Waals surface area contributed by atoms with Gasteiger partial charge < -0.3 is 14.6 Å². The zero-order chi connectivity index (χ0) is 15.6. The van der Waals surface area contributed by atoms with Crippen LogP contribution in [0.15, 0.2) is 33.2 Å². The summed E-state index contributed by atoms with van der Waals surface area (Å²) in [7, 11) is 1.50. The Balaban J connectivity index is 2.41. The lowest BCUT2D eigenvalue weighted by Gasteiger charge is -2.12. The van der Waals surface area contributed by atoms with E-state index in [-0.39, 0.29) is 11.3 Å². The predicted octanol–water partition coefficient (Wildman–Crippen LogP) is 4.78. The Kier molecular flexibility index (Phi) is 5.18. The number of methoxy groups -OCH3 is 1. The molecule has 0 spiro atoms. The molecule has 0 heterocycles. The molecule has 0 unspecified atom stereocenters. The maximum absolute atomic E-state index is 13.8. The van der Waals surface area contributed by atoms with Gasteiger partial charge in [0.1, 0.15) is 11.5 Å². The molecule has 3 nitrogen and oxygen atoms in total. The third kappa shape index (κ3) is 3.53. The third-order valence-electron chi connectivity index (χ3n) is 2.66.